The van der Waals surface area contributed by atoms with Crippen molar-refractivity contribution in [2.24, 2.45) is 5.14 Å². The number of nitrogens with one attached hydrogen (secondary N) is 1. The van der Waals surface area contributed by atoms with E-state index >= 15 is 0 Å². The van der Waals surface area contributed by atoms with Gasteiger partial charge in [-0.2, -0.15) is 5.10 Å². The molecule has 3 N–H and O–H groups in total. The third kappa shape index (κ3) is 5.45. The molecular formula is C10H18ClN5O3S. The Hall–Kier alpha value is -1.16. The molecule has 1 rings (SSSR count). The summed E-state index contributed by atoms with van der Waals surface area (Å²) >= 11 is 5.93. The Bertz CT molecular complexity index is 614. The second-order valence-corrected chi connectivity index (χ2v) is 6.61. The number of aromatic nitrogens is 2. The molecule has 20 heavy (non-hydrogen) atoms. The molecule has 0 spiro atoms. The number of primary sulfonamides is 1. The lowest BCUT2D eigenvalue weighted by atomic mass is 10.4. The van der Waals surface area contributed by atoms with Crippen molar-refractivity contribution in [2.75, 3.05) is 38.3 Å². The standard InChI is InChI=1S/C10H18ClN5O3S/c1-15(2)4-5-16-10(17)9(11)8(7-14-16)13-3-6-20(12,18)19/h7,13H,3-6H2,1-2H3,(H2,12,18,19). The monoisotopic (exact) mass is 323 g/mol. The highest BCUT2D eigenvalue weighted by molar-refractivity contribution is 7.89. The van der Waals surface area contributed by atoms with E-state index in [-0.39, 0.29) is 17.3 Å². The van der Waals surface area contributed by atoms with E-state index in [1.54, 1.807) is 0 Å². The number of nitrogens with two attached hydrogens (primary N) is 1. The topological polar surface area (TPSA) is 110 Å². The first-order valence-electron chi connectivity index (χ1n) is 5.85. The average Bonchev–Trinajstić information content (AvgIpc) is 2.32. The number of likely N-dealkylation sites (N-methyl/N-ethyl adjacent to an activating group) is 1. The molecule has 10 heteroatoms. The first-order valence-corrected chi connectivity index (χ1v) is 7.95. The lowest BCUT2D eigenvalue weighted by molar-refractivity contribution is 0.367. The first-order chi connectivity index (χ1) is 9.20. The largest absolute Gasteiger partial charge is 0.381 e. The van der Waals surface area contributed by atoms with Gasteiger partial charge in [-0.3, -0.25) is 4.79 Å². The minimum Gasteiger partial charge on any atom is -0.381 e. The number of anilines is 1. The SMILES string of the molecule is CN(C)CCn1ncc(NCCS(N)(=O)=O)c(Cl)c1=O. The smallest absolute Gasteiger partial charge is 0.287 e. The Labute approximate surface area is 122 Å². The molecule has 8 nitrogen and oxygen atoms in total. The van der Waals surface area contributed by atoms with Crippen molar-refractivity contribution in [1.29, 1.82) is 0 Å². The Morgan fingerprint density at radius 1 is 1.50 bits per heavy atom. The summed E-state index contributed by atoms with van der Waals surface area (Å²) in [7, 11) is 0.211. The van der Waals surface area contributed by atoms with Crippen molar-refractivity contribution in [2.45, 2.75) is 6.54 Å². The van der Waals surface area contributed by atoms with Crippen LogP contribution in [0.5, 0.6) is 0 Å². The van der Waals surface area contributed by atoms with E-state index in [9.17, 15) is 13.2 Å². The molecule has 0 radical (unpaired) electrons. The predicted molar refractivity (Wildman–Crippen MR) is 78.5 cm³/mol. The van der Waals surface area contributed by atoms with Gasteiger partial charge in [0.2, 0.25) is 10.0 Å². The van der Waals surface area contributed by atoms with Crippen LogP contribution in [0.3, 0.4) is 0 Å². The van der Waals surface area contributed by atoms with Gasteiger partial charge in [0, 0.05) is 13.1 Å². The van der Waals surface area contributed by atoms with Crippen LogP contribution in [-0.2, 0) is 16.6 Å². The zero-order chi connectivity index (χ0) is 15.3. The first kappa shape index (κ1) is 16.9. The van der Waals surface area contributed by atoms with Crippen molar-refractivity contribution >= 4 is 27.3 Å². The maximum absolute atomic E-state index is 11.9. The molecule has 1 aromatic heterocycles. The van der Waals surface area contributed by atoms with Crippen LogP contribution in [0.1, 0.15) is 0 Å². The van der Waals surface area contributed by atoms with Crippen molar-refractivity contribution in [3.8, 4) is 0 Å². The van der Waals surface area contributed by atoms with Gasteiger partial charge in [0.25, 0.3) is 5.56 Å². The minimum absolute atomic E-state index is 0.0202. The average molecular weight is 324 g/mol. The molecule has 0 fully saturated rings. The van der Waals surface area contributed by atoms with E-state index in [4.69, 9.17) is 16.7 Å². The zero-order valence-corrected chi connectivity index (χ0v) is 12.9. The van der Waals surface area contributed by atoms with E-state index in [1.807, 2.05) is 19.0 Å². The van der Waals surface area contributed by atoms with Crippen LogP contribution in [0, 0.1) is 0 Å². The molecule has 0 saturated heterocycles. The molecule has 0 unspecified atom stereocenters. The summed E-state index contributed by atoms with van der Waals surface area (Å²) in [6.07, 6.45) is 1.39. The fourth-order valence-corrected chi connectivity index (χ4v) is 1.97. The van der Waals surface area contributed by atoms with Gasteiger partial charge in [-0.05, 0) is 14.1 Å². The highest BCUT2D eigenvalue weighted by Crippen LogP contribution is 2.14. The molecule has 0 aliphatic rings. The van der Waals surface area contributed by atoms with Crippen LogP contribution < -0.4 is 16.0 Å². The Balaban J connectivity index is 2.76. The van der Waals surface area contributed by atoms with E-state index < -0.39 is 15.6 Å². The number of rotatable bonds is 7. The summed E-state index contributed by atoms with van der Waals surface area (Å²) in [5, 5.41) is 11.6. The number of nitrogens with zero attached hydrogens (tertiary/aromatic N) is 3. The van der Waals surface area contributed by atoms with Crippen molar-refractivity contribution in [3.63, 3.8) is 0 Å². The summed E-state index contributed by atoms with van der Waals surface area (Å²) < 4.78 is 22.8. The second-order valence-electron chi connectivity index (χ2n) is 4.50. The summed E-state index contributed by atoms with van der Waals surface area (Å²) in [5.41, 5.74) is -0.129. The van der Waals surface area contributed by atoms with Crippen LogP contribution in [0.2, 0.25) is 5.02 Å². The number of hydrogen-bond acceptors (Lipinski definition) is 6. The molecule has 0 amide bonds. The van der Waals surface area contributed by atoms with E-state index in [1.165, 1.54) is 10.9 Å². The Morgan fingerprint density at radius 2 is 2.15 bits per heavy atom. The molecule has 1 aromatic rings. The normalized spacial score (nSPS) is 11.8. The number of hydrogen-bond donors (Lipinski definition) is 2. The van der Waals surface area contributed by atoms with Gasteiger partial charge in [-0.15, -0.1) is 0 Å². The third-order valence-corrected chi connectivity index (χ3v) is 3.58. The summed E-state index contributed by atoms with van der Waals surface area (Å²) in [6, 6.07) is 0. The van der Waals surface area contributed by atoms with Gasteiger partial charge in [0.1, 0.15) is 5.02 Å². The van der Waals surface area contributed by atoms with Gasteiger partial charge < -0.3 is 10.2 Å². The molecule has 0 aliphatic carbocycles. The summed E-state index contributed by atoms with van der Waals surface area (Å²) in [5.74, 6) is -0.257. The van der Waals surface area contributed by atoms with Crippen LogP contribution in [0.4, 0.5) is 5.69 Å². The van der Waals surface area contributed by atoms with Gasteiger partial charge >= 0.3 is 0 Å². The van der Waals surface area contributed by atoms with Crippen molar-refractivity contribution < 1.29 is 8.42 Å². The third-order valence-electron chi connectivity index (χ3n) is 2.45. The van der Waals surface area contributed by atoms with E-state index in [0.717, 1.165) is 0 Å². The molecule has 0 aliphatic heterocycles. The molecule has 0 atom stereocenters. The van der Waals surface area contributed by atoms with Gasteiger partial charge in [-0.1, -0.05) is 11.6 Å². The minimum atomic E-state index is -3.56. The van der Waals surface area contributed by atoms with Gasteiger partial charge in [0.15, 0.2) is 0 Å². The fourth-order valence-electron chi connectivity index (χ4n) is 1.37. The lowest BCUT2D eigenvalue weighted by Crippen LogP contribution is -2.29. The molecule has 0 bridgehead atoms. The quantitative estimate of drug-likeness (QED) is 0.677. The van der Waals surface area contributed by atoms with Crippen molar-refractivity contribution in [1.82, 2.24) is 14.7 Å². The predicted octanol–water partition coefficient (Wildman–Crippen LogP) is -0.841. The number of sulfonamides is 1. The van der Waals surface area contributed by atoms with E-state index in [0.29, 0.717) is 18.8 Å². The summed E-state index contributed by atoms with van der Waals surface area (Å²) in [4.78, 5) is 13.8. The maximum Gasteiger partial charge on any atom is 0.287 e. The van der Waals surface area contributed by atoms with Crippen LogP contribution in [0.25, 0.3) is 0 Å². The number of halogens is 1. The molecule has 0 aromatic carbocycles. The van der Waals surface area contributed by atoms with Crippen LogP contribution in [-0.4, -0.2) is 56.0 Å². The molecular weight excluding hydrogens is 306 g/mol. The van der Waals surface area contributed by atoms with Gasteiger partial charge in [0.05, 0.1) is 24.2 Å². The van der Waals surface area contributed by atoms with Crippen LogP contribution in [0.15, 0.2) is 11.0 Å². The zero-order valence-electron chi connectivity index (χ0n) is 11.3. The highest BCUT2D eigenvalue weighted by Gasteiger charge is 2.10. The molecule has 114 valence electrons. The highest BCUT2D eigenvalue weighted by atomic mass is 35.5. The second kappa shape index (κ2) is 7.02. The van der Waals surface area contributed by atoms with Gasteiger partial charge in [-0.25, -0.2) is 18.2 Å². The summed E-state index contributed by atoms with van der Waals surface area (Å²) in [6.45, 7) is 1.13. The maximum atomic E-state index is 11.9. The molecule has 0 saturated carbocycles. The van der Waals surface area contributed by atoms with Crippen molar-refractivity contribution in [3.05, 3.63) is 21.6 Å². The Kier molecular flexibility index (Phi) is 5.93. The molecule has 1 heterocycles. The Morgan fingerprint density at radius 3 is 2.70 bits per heavy atom. The van der Waals surface area contributed by atoms with E-state index in [2.05, 4.69) is 10.4 Å². The lowest BCUT2D eigenvalue weighted by Gasteiger charge is -2.12. The fraction of sp³-hybridized carbons (Fsp3) is 0.600. The van der Waals surface area contributed by atoms with Crippen LogP contribution >= 0.6 is 11.6 Å².